The van der Waals surface area contributed by atoms with Gasteiger partial charge in [-0.1, -0.05) is 13.8 Å². The second-order valence-corrected chi connectivity index (χ2v) is 8.52. The van der Waals surface area contributed by atoms with E-state index in [0.29, 0.717) is 5.92 Å². The highest BCUT2D eigenvalue weighted by molar-refractivity contribution is 7.10. The Labute approximate surface area is 159 Å². The van der Waals surface area contributed by atoms with Crippen LogP contribution in [0.4, 0.5) is 4.79 Å². The molecule has 1 unspecified atom stereocenters. The molecule has 2 rings (SSSR count). The molecule has 0 saturated carbocycles. The van der Waals surface area contributed by atoms with Crippen LogP contribution in [-0.4, -0.2) is 23.8 Å². The van der Waals surface area contributed by atoms with Gasteiger partial charge in [0.15, 0.2) is 0 Å². The summed E-state index contributed by atoms with van der Waals surface area (Å²) in [5.74, 6) is 1.23. The topological polar surface area (TPSA) is 60.5 Å². The molecule has 0 aliphatic carbocycles. The van der Waals surface area contributed by atoms with Crippen LogP contribution in [0.1, 0.15) is 52.1 Å². The number of methoxy groups -OCH3 is 1. The summed E-state index contributed by atoms with van der Waals surface area (Å²) >= 11 is 1.55. The molecule has 0 spiro atoms. The van der Waals surface area contributed by atoms with Gasteiger partial charge in [0.1, 0.15) is 16.4 Å². The van der Waals surface area contributed by atoms with Crippen LogP contribution in [0.3, 0.4) is 0 Å². The Morgan fingerprint density at radius 1 is 1.23 bits per heavy atom. The molecule has 1 atom stereocenters. The number of benzene rings is 1. The molecule has 0 aliphatic heterocycles. The summed E-state index contributed by atoms with van der Waals surface area (Å²) in [6, 6.07) is 7.63. The average molecular weight is 377 g/mol. The highest BCUT2D eigenvalue weighted by atomic mass is 32.1. The number of rotatable bonds is 6. The SMILES string of the molecule is COc1ccc(-c2csc(C(CC(C)C)NC(=O)OC(C)(C)C)n2)cc1. The zero-order valence-electron chi connectivity index (χ0n) is 16.3. The van der Waals surface area contributed by atoms with Crippen molar-refractivity contribution in [3.05, 3.63) is 34.7 Å². The first-order valence-electron chi connectivity index (χ1n) is 8.77. The third-order valence-corrected chi connectivity index (χ3v) is 4.56. The summed E-state index contributed by atoms with van der Waals surface area (Å²) in [6.07, 6.45) is 0.388. The Morgan fingerprint density at radius 2 is 1.88 bits per heavy atom. The van der Waals surface area contributed by atoms with Crippen LogP contribution in [0.2, 0.25) is 0 Å². The van der Waals surface area contributed by atoms with Gasteiger partial charge >= 0.3 is 6.09 Å². The van der Waals surface area contributed by atoms with Crippen molar-refractivity contribution in [2.75, 3.05) is 7.11 Å². The summed E-state index contributed by atoms with van der Waals surface area (Å²) < 4.78 is 10.6. The lowest BCUT2D eigenvalue weighted by Crippen LogP contribution is -2.35. The summed E-state index contributed by atoms with van der Waals surface area (Å²) in [5.41, 5.74) is 1.39. The van der Waals surface area contributed by atoms with E-state index in [4.69, 9.17) is 14.5 Å². The molecule has 1 heterocycles. The standard InChI is InChI=1S/C20H28N2O3S/c1-13(2)11-16(22-19(23)25-20(3,4)5)18-21-17(12-26-18)14-7-9-15(24-6)10-8-14/h7-10,12-13,16H,11H2,1-6H3,(H,22,23). The van der Waals surface area contributed by atoms with Crippen LogP contribution in [-0.2, 0) is 4.74 Å². The Balaban J connectivity index is 2.17. The number of carbonyl (C=O) groups excluding carboxylic acids is 1. The van der Waals surface area contributed by atoms with E-state index in [-0.39, 0.29) is 6.04 Å². The zero-order chi connectivity index (χ0) is 19.3. The Morgan fingerprint density at radius 3 is 2.42 bits per heavy atom. The van der Waals surface area contributed by atoms with E-state index in [9.17, 15) is 4.79 Å². The maximum Gasteiger partial charge on any atom is 0.408 e. The molecule has 0 saturated heterocycles. The summed E-state index contributed by atoms with van der Waals surface area (Å²) in [4.78, 5) is 16.9. The van der Waals surface area contributed by atoms with Crippen molar-refractivity contribution in [1.82, 2.24) is 10.3 Å². The molecule has 5 nitrogen and oxygen atoms in total. The summed E-state index contributed by atoms with van der Waals surface area (Å²) in [5, 5.41) is 5.87. The molecule has 0 aliphatic rings. The van der Waals surface area contributed by atoms with Gasteiger partial charge < -0.3 is 14.8 Å². The molecule has 1 aromatic carbocycles. The molecule has 6 heteroatoms. The van der Waals surface area contributed by atoms with Crippen LogP contribution in [0.15, 0.2) is 29.6 Å². The van der Waals surface area contributed by atoms with Crippen molar-refractivity contribution < 1.29 is 14.3 Å². The van der Waals surface area contributed by atoms with Crippen LogP contribution in [0.25, 0.3) is 11.3 Å². The van der Waals surface area contributed by atoms with E-state index in [1.165, 1.54) is 0 Å². The number of nitrogens with zero attached hydrogens (tertiary/aromatic N) is 1. The van der Waals surface area contributed by atoms with Crippen LogP contribution >= 0.6 is 11.3 Å². The lowest BCUT2D eigenvalue weighted by atomic mass is 10.0. The maximum absolute atomic E-state index is 12.2. The number of ether oxygens (including phenoxy) is 2. The highest BCUT2D eigenvalue weighted by Crippen LogP contribution is 2.30. The van der Waals surface area contributed by atoms with Gasteiger partial charge in [0.2, 0.25) is 0 Å². The third-order valence-electron chi connectivity index (χ3n) is 3.60. The van der Waals surface area contributed by atoms with E-state index < -0.39 is 11.7 Å². The van der Waals surface area contributed by atoms with E-state index in [1.807, 2.05) is 50.4 Å². The van der Waals surface area contributed by atoms with Crippen molar-refractivity contribution in [3.8, 4) is 17.0 Å². The first kappa shape index (κ1) is 20.2. The molecule has 0 radical (unpaired) electrons. The molecule has 142 valence electrons. The largest absolute Gasteiger partial charge is 0.497 e. The number of thiazole rings is 1. The van der Waals surface area contributed by atoms with Crippen molar-refractivity contribution in [1.29, 1.82) is 0 Å². The minimum atomic E-state index is -0.524. The fraction of sp³-hybridized carbons (Fsp3) is 0.500. The number of carbonyl (C=O) groups is 1. The molecule has 0 fully saturated rings. The van der Waals surface area contributed by atoms with Gasteiger partial charge in [0.05, 0.1) is 18.8 Å². The Bertz CT molecular complexity index is 717. The van der Waals surface area contributed by atoms with Gasteiger partial charge in [0, 0.05) is 10.9 Å². The van der Waals surface area contributed by atoms with Crippen LogP contribution in [0.5, 0.6) is 5.75 Å². The molecular formula is C20H28N2O3S. The van der Waals surface area contributed by atoms with Gasteiger partial charge in [-0.2, -0.15) is 0 Å². The first-order valence-corrected chi connectivity index (χ1v) is 9.65. The maximum atomic E-state index is 12.2. The first-order chi connectivity index (χ1) is 12.2. The number of alkyl carbamates (subject to hydrolysis) is 1. The third kappa shape index (κ3) is 6.02. The molecule has 0 bridgehead atoms. The van der Waals surface area contributed by atoms with Gasteiger partial charge in [-0.15, -0.1) is 11.3 Å². The van der Waals surface area contributed by atoms with Crippen molar-refractivity contribution in [3.63, 3.8) is 0 Å². The number of hydrogen-bond donors (Lipinski definition) is 1. The second-order valence-electron chi connectivity index (χ2n) is 7.63. The molecular weight excluding hydrogens is 348 g/mol. The number of amides is 1. The normalized spacial score (nSPS) is 12.7. The van der Waals surface area contributed by atoms with Crippen molar-refractivity contribution in [2.24, 2.45) is 5.92 Å². The minimum absolute atomic E-state index is 0.165. The molecule has 2 aromatic rings. The van der Waals surface area contributed by atoms with E-state index in [2.05, 4.69) is 19.2 Å². The zero-order valence-corrected chi connectivity index (χ0v) is 17.1. The quantitative estimate of drug-likeness (QED) is 0.730. The predicted molar refractivity (Wildman–Crippen MR) is 106 cm³/mol. The minimum Gasteiger partial charge on any atom is -0.497 e. The van der Waals surface area contributed by atoms with E-state index >= 15 is 0 Å². The smallest absolute Gasteiger partial charge is 0.408 e. The lowest BCUT2D eigenvalue weighted by molar-refractivity contribution is 0.0497. The van der Waals surface area contributed by atoms with Crippen LogP contribution in [0, 0.1) is 5.92 Å². The fourth-order valence-corrected chi connectivity index (χ4v) is 3.38. The van der Waals surface area contributed by atoms with Gasteiger partial charge in [0.25, 0.3) is 0 Å². The van der Waals surface area contributed by atoms with Gasteiger partial charge in [-0.25, -0.2) is 9.78 Å². The monoisotopic (exact) mass is 376 g/mol. The number of nitrogens with one attached hydrogen (secondary N) is 1. The number of hydrogen-bond acceptors (Lipinski definition) is 5. The molecule has 26 heavy (non-hydrogen) atoms. The summed E-state index contributed by atoms with van der Waals surface area (Å²) in [6.45, 7) is 9.82. The lowest BCUT2D eigenvalue weighted by Gasteiger charge is -2.23. The van der Waals surface area contributed by atoms with Crippen LogP contribution < -0.4 is 10.1 Å². The fourth-order valence-electron chi connectivity index (χ4n) is 2.48. The molecule has 1 N–H and O–H groups in total. The highest BCUT2D eigenvalue weighted by Gasteiger charge is 2.23. The molecule has 1 aromatic heterocycles. The Kier molecular flexibility index (Phi) is 6.64. The van der Waals surface area contributed by atoms with E-state index in [1.54, 1.807) is 18.4 Å². The van der Waals surface area contributed by atoms with Gasteiger partial charge in [-0.05, 0) is 57.4 Å². The van der Waals surface area contributed by atoms with Crippen molar-refractivity contribution in [2.45, 2.75) is 52.7 Å². The summed E-state index contributed by atoms with van der Waals surface area (Å²) in [7, 11) is 1.65. The van der Waals surface area contributed by atoms with Crippen molar-refractivity contribution >= 4 is 17.4 Å². The number of aromatic nitrogens is 1. The Hall–Kier alpha value is -2.08. The second kappa shape index (κ2) is 8.54. The van der Waals surface area contributed by atoms with Gasteiger partial charge in [-0.3, -0.25) is 0 Å². The average Bonchev–Trinajstić information content (AvgIpc) is 3.02. The molecule has 1 amide bonds. The predicted octanol–water partition coefficient (Wildman–Crippen LogP) is 5.43. The van der Waals surface area contributed by atoms with E-state index in [0.717, 1.165) is 28.4 Å².